The summed E-state index contributed by atoms with van der Waals surface area (Å²) in [7, 11) is 0. The fraction of sp³-hybridized carbons (Fsp3) is 0.326. The fourth-order valence-electron chi connectivity index (χ4n) is 6.04. The monoisotopic (exact) mass is 724 g/mol. The SMILES string of the molecule is Cc1[c-]c2c(cc1C(C)(C)C)-c1cc(C(C)(C)C)c(C)cc1C2.Cc1ccc(C(Cl)(Cl)c2ccc(C)cc2)cc1.[Zr+2].c1cc[cH-]c1. The van der Waals surface area contributed by atoms with Crippen molar-refractivity contribution in [3.8, 4) is 11.1 Å². The number of benzene rings is 4. The Kier molecular flexibility index (Phi) is 12.7. The average Bonchev–Trinajstić information content (AvgIpc) is 3.63. The molecule has 0 unspecified atom stereocenters. The van der Waals surface area contributed by atoms with E-state index < -0.39 is 4.33 Å². The van der Waals surface area contributed by atoms with Crippen molar-refractivity contribution >= 4 is 23.2 Å². The van der Waals surface area contributed by atoms with E-state index in [2.05, 4.69) is 79.7 Å². The van der Waals surface area contributed by atoms with Gasteiger partial charge in [-0.05, 0) is 60.4 Å². The van der Waals surface area contributed by atoms with Gasteiger partial charge in [-0.1, -0.05) is 154 Å². The molecule has 0 atom stereocenters. The van der Waals surface area contributed by atoms with E-state index in [4.69, 9.17) is 23.2 Å². The summed E-state index contributed by atoms with van der Waals surface area (Å²) in [6, 6.07) is 36.9. The van der Waals surface area contributed by atoms with Crippen LogP contribution < -0.4 is 0 Å². The number of halogens is 2. The van der Waals surface area contributed by atoms with Crippen LogP contribution in [0.5, 0.6) is 0 Å². The van der Waals surface area contributed by atoms with Crippen LogP contribution >= 0.6 is 23.2 Å². The summed E-state index contributed by atoms with van der Waals surface area (Å²) in [5, 5.41) is 0. The van der Waals surface area contributed by atoms with Crippen LogP contribution in [0, 0.1) is 33.8 Å². The Morgan fingerprint density at radius 2 is 1.09 bits per heavy atom. The van der Waals surface area contributed by atoms with Crippen LogP contribution in [-0.4, -0.2) is 0 Å². The smallest absolute Gasteiger partial charge is 0.214 e. The van der Waals surface area contributed by atoms with E-state index in [0.717, 1.165) is 17.5 Å². The topological polar surface area (TPSA) is 0 Å². The molecule has 0 N–H and O–H groups in total. The molecule has 238 valence electrons. The van der Waals surface area contributed by atoms with Gasteiger partial charge in [-0.3, -0.25) is 0 Å². The predicted octanol–water partition coefficient (Wildman–Crippen LogP) is 12.7. The fourth-order valence-corrected chi connectivity index (χ4v) is 6.54. The van der Waals surface area contributed by atoms with Crippen molar-refractivity contribution < 1.29 is 26.2 Å². The van der Waals surface area contributed by atoms with Crippen molar-refractivity contribution in [2.45, 2.75) is 90.8 Å². The molecule has 0 bridgehead atoms. The van der Waals surface area contributed by atoms with Gasteiger partial charge in [0.15, 0.2) is 4.33 Å². The summed E-state index contributed by atoms with van der Waals surface area (Å²) in [6.45, 7) is 22.3. The molecular formula is C43H48Cl2Zr. The van der Waals surface area contributed by atoms with Gasteiger partial charge in [0.1, 0.15) is 0 Å². The molecule has 3 heteroatoms. The van der Waals surface area contributed by atoms with Crippen molar-refractivity contribution in [1.82, 2.24) is 0 Å². The minimum absolute atomic E-state index is 0. The van der Waals surface area contributed by atoms with Crippen LogP contribution in [0.2, 0.25) is 0 Å². The second kappa shape index (κ2) is 15.3. The van der Waals surface area contributed by atoms with E-state index in [9.17, 15) is 0 Å². The van der Waals surface area contributed by atoms with Crippen LogP contribution in [-0.2, 0) is 47.8 Å². The van der Waals surface area contributed by atoms with Gasteiger partial charge >= 0.3 is 26.2 Å². The normalized spacial score (nSPS) is 12.1. The molecule has 1 aliphatic carbocycles. The quantitative estimate of drug-likeness (QED) is 0.123. The second-order valence-corrected chi connectivity index (χ2v) is 15.8. The Morgan fingerprint density at radius 3 is 1.50 bits per heavy atom. The molecule has 0 fully saturated rings. The van der Waals surface area contributed by atoms with Crippen LogP contribution in [0.4, 0.5) is 0 Å². The minimum atomic E-state index is -0.985. The molecule has 0 aliphatic heterocycles. The zero-order valence-electron chi connectivity index (χ0n) is 29.2. The number of aryl methyl sites for hydroxylation is 4. The van der Waals surface area contributed by atoms with Gasteiger partial charge in [-0.2, -0.15) is 35.9 Å². The van der Waals surface area contributed by atoms with Crippen LogP contribution in [0.25, 0.3) is 11.1 Å². The summed E-state index contributed by atoms with van der Waals surface area (Å²) < 4.78 is -0.985. The third kappa shape index (κ3) is 9.19. The maximum absolute atomic E-state index is 6.46. The predicted molar refractivity (Wildman–Crippen MR) is 197 cm³/mol. The summed E-state index contributed by atoms with van der Waals surface area (Å²) in [5.74, 6) is 0. The van der Waals surface area contributed by atoms with Crippen LogP contribution in [0.3, 0.4) is 0 Å². The van der Waals surface area contributed by atoms with E-state index in [1.165, 1.54) is 55.6 Å². The Hall–Kier alpha value is -2.31. The van der Waals surface area contributed by atoms with Gasteiger partial charge in [0.2, 0.25) is 0 Å². The second-order valence-electron chi connectivity index (χ2n) is 14.5. The summed E-state index contributed by atoms with van der Waals surface area (Å²) >= 11 is 12.9. The van der Waals surface area contributed by atoms with Crippen LogP contribution in [0.15, 0.2) is 97.1 Å². The molecule has 6 rings (SSSR count). The zero-order chi connectivity index (χ0) is 33.2. The molecule has 0 saturated carbocycles. The minimum Gasteiger partial charge on any atom is -0.214 e. The number of rotatable bonds is 2. The first-order valence-corrected chi connectivity index (χ1v) is 16.6. The van der Waals surface area contributed by atoms with Gasteiger partial charge in [0.25, 0.3) is 0 Å². The van der Waals surface area contributed by atoms with Gasteiger partial charge in [-0.15, -0.1) is 16.7 Å². The molecule has 0 radical (unpaired) electrons. The molecule has 1 aliphatic rings. The molecule has 5 aromatic carbocycles. The maximum atomic E-state index is 6.46. The molecule has 0 nitrogen and oxygen atoms in total. The average molecular weight is 727 g/mol. The van der Waals surface area contributed by atoms with Crippen molar-refractivity contribution in [2.24, 2.45) is 0 Å². The van der Waals surface area contributed by atoms with Crippen molar-refractivity contribution in [1.29, 1.82) is 0 Å². The van der Waals surface area contributed by atoms with E-state index >= 15 is 0 Å². The van der Waals surface area contributed by atoms with Crippen molar-refractivity contribution in [3.63, 3.8) is 0 Å². The van der Waals surface area contributed by atoms with Gasteiger partial charge in [0.05, 0.1) is 0 Å². The molecule has 0 amide bonds. The first kappa shape index (κ1) is 38.1. The van der Waals surface area contributed by atoms with E-state index in [1.807, 2.05) is 92.7 Å². The Bertz CT molecular complexity index is 1580. The Morgan fingerprint density at radius 1 is 0.630 bits per heavy atom. The molecule has 5 aromatic rings. The summed E-state index contributed by atoms with van der Waals surface area (Å²) in [5.41, 5.74) is 15.8. The van der Waals surface area contributed by atoms with Gasteiger partial charge in [-0.25, -0.2) is 12.1 Å². The molecule has 0 heterocycles. The Labute approximate surface area is 308 Å². The summed E-state index contributed by atoms with van der Waals surface area (Å²) in [4.78, 5) is 0. The molecule has 0 saturated heterocycles. The molecule has 46 heavy (non-hydrogen) atoms. The number of hydrogen-bond acceptors (Lipinski definition) is 0. The van der Waals surface area contributed by atoms with Crippen molar-refractivity contribution in [2.75, 3.05) is 0 Å². The zero-order valence-corrected chi connectivity index (χ0v) is 33.2. The number of alkyl halides is 2. The standard InChI is InChI=1S/C23H29.C15H14Cl2.C5H5.Zr/c1-14-9-16-11-17-10-15(2)21(23(6,7)8)13-19(17)18(16)12-20(14)22(3,4)5;1-11-3-7-13(8-4-11)15(16,17)14-9-5-12(2)6-10-14;1-2-4-5-3-1;/h9,12-13H,11H2,1-8H3;3-10H,1-2H3;1-5H;/q-1;;-1;+2. The molecule has 0 spiro atoms. The molecular weight excluding hydrogens is 679 g/mol. The van der Waals surface area contributed by atoms with E-state index in [0.29, 0.717) is 0 Å². The first-order valence-electron chi connectivity index (χ1n) is 15.9. The number of fused-ring (bicyclic) bond motifs is 3. The summed E-state index contributed by atoms with van der Waals surface area (Å²) in [6.07, 6.45) is 1.03. The third-order valence-electron chi connectivity index (χ3n) is 8.46. The largest absolute Gasteiger partial charge is 2.00 e. The van der Waals surface area contributed by atoms with Gasteiger partial charge in [0, 0.05) is 0 Å². The molecule has 0 aromatic heterocycles. The first-order chi connectivity index (χ1) is 21.0. The Balaban J connectivity index is 0.000000220. The van der Waals surface area contributed by atoms with Gasteiger partial charge < -0.3 is 0 Å². The van der Waals surface area contributed by atoms with Crippen molar-refractivity contribution in [3.05, 3.63) is 159 Å². The van der Waals surface area contributed by atoms with Crippen LogP contribution in [0.1, 0.15) is 97.2 Å². The third-order valence-corrected chi connectivity index (χ3v) is 9.34. The maximum Gasteiger partial charge on any atom is 2.00 e. The van der Waals surface area contributed by atoms with E-state index in [1.54, 1.807) is 0 Å². The number of hydrogen-bond donors (Lipinski definition) is 0. The van der Waals surface area contributed by atoms with E-state index in [-0.39, 0.29) is 37.0 Å².